The highest BCUT2D eigenvalue weighted by molar-refractivity contribution is 5.81. The number of azide groups is 1. The van der Waals surface area contributed by atoms with Crippen LogP contribution in [-0.2, 0) is 4.79 Å². The molecule has 0 N–H and O–H groups in total. The highest BCUT2D eigenvalue weighted by Gasteiger charge is 2.15. The van der Waals surface area contributed by atoms with Crippen LogP contribution in [0.2, 0.25) is 0 Å². The van der Waals surface area contributed by atoms with E-state index in [1.165, 1.54) is 0 Å². The molecule has 0 aromatic carbocycles. The third kappa shape index (κ3) is 2.80. The summed E-state index contributed by atoms with van der Waals surface area (Å²) >= 11 is 0. The summed E-state index contributed by atoms with van der Waals surface area (Å²) in [4.78, 5) is 15.6. The first kappa shape index (κ1) is 10.8. The van der Waals surface area contributed by atoms with E-state index in [1.807, 2.05) is 13.8 Å². The minimum Gasteiger partial charge on any atom is -0.343 e. The van der Waals surface area contributed by atoms with Gasteiger partial charge in [0.1, 0.15) is 6.04 Å². The lowest BCUT2D eigenvalue weighted by molar-refractivity contribution is -0.131. The molecule has 12 heavy (non-hydrogen) atoms. The zero-order chi connectivity index (χ0) is 9.56. The van der Waals surface area contributed by atoms with Gasteiger partial charge in [0.15, 0.2) is 0 Å². The fourth-order valence-corrected chi connectivity index (χ4v) is 0.926. The van der Waals surface area contributed by atoms with Gasteiger partial charge in [-0.3, -0.25) is 4.79 Å². The third-order valence-corrected chi connectivity index (χ3v) is 1.66. The first-order valence-corrected chi connectivity index (χ1v) is 4.00. The molecule has 0 aliphatic carbocycles. The molecule has 0 fully saturated rings. The molecule has 1 amide bonds. The number of nitrogens with zero attached hydrogens (tertiary/aromatic N) is 4. The van der Waals surface area contributed by atoms with Gasteiger partial charge in [-0.05, 0) is 26.3 Å². The van der Waals surface area contributed by atoms with Crippen molar-refractivity contribution >= 4 is 5.91 Å². The second-order valence-electron chi connectivity index (χ2n) is 2.39. The Kier molecular flexibility index (Phi) is 4.88. The van der Waals surface area contributed by atoms with E-state index in [-0.39, 0.29) is 5.91 Å². The third-order valence-electron chi connectivity index (χ3n) is 1.66. The van der Waals surface area contributed by atoms with Gasteiger partial charge in [-0.2, -0.15) is 0 Å². The van der Waals surface area contributed by atoms with Crippen molar-refractivity contribution in [3.05, 3.63) is 10.4 Å². The first-order chi connectivity index (χ1) is 5.67. The SMILES string of the molecule is CCN(CC)C(=O)[C@@H](C)N=[N+]=[N-]. The predicted octanol–water partition coefficient (Wildman–Crippen LogP) is 1.55. The van der Waals surface area contributed by atoms with Crippen molar-refractivity contribution in [3.63, 3.8) is 0 Å². The van der Waals surface area contributed by atoms with Crippen LogP contribution in [0.5, 0.6) is 0 Å². The summed E-state index contributed by atoms with van der Waals surface area (Å²) in [6, 6.07) is -0.588. The molecule has 5 nitrogen and oxygen atoms in total. The predicted molar refractivity (Wildman–Crippen MR) is 46.5 cm³/mol. The minimum atomic E-state index is -0.588. The van der Waals surface area contributed by atoms with Gasteiger partial charge in [-0.1, -0.05) is 5.11 Å². The van der Waals surface area contributed by atoms with Crippen molar-refractivity contribution in [2.45, 2.75) is 26.8 Å². The quantitative estimate of drug-likeness (QED) is 0.358. The van der Waals surface area contributed by atoms with Crippen LogP contribution in [0.3, 0.4) is 0 Å². The average Bonchev–Trinajstić information content (AvgIpc) is 2.07. The fraction of sp³-hybridized carbons (Fsp3) is 0.857. The molecule has 0 aromatic heterocycles. The molecular formula is C7H14N4O. The lowest BCUT2D eigenvalue weighted by Gasteiger charge is -2.20. The van der Waals surface area contributed by atoms with Gasteiger partial charge in [0.2, 0.25) is 5.91 Å². The highest BCUT2D eigenvalue weighted by Crippen LogP contribution is 1.98. The maximum absolute atomic E-state index is 11.4. The molecule has 68 valence electrons. The van der Waals surface area contributed by atoms with Gasteiger partial charge in [0.05, 0.1) is 0 Å². The fourth-order valence-electron chi connectivity index (χ4n) is 0.926. The Balaban J connectivity index is 4.24. The molecule has 0 spiro atoms. The number of amides is 1. The molecule has 0 unspecified atom stereocenters. The van der Waals surface area contributed by atoms with Gasteiger partial charge < -0.3 is 4.90 Å². The van der Waals surface area contributed by atoms with E-state index in [9.17, 15) is 4.79 Å². The van der Waals surface area contributed by atoms with E-state index >= 15 is 0 Å². The molecule has 0 rings (SSSR count). The Hall–Kier alpha value is -1.22. The summed E-state index contributed by atoms with van der Waals surface area (Å²) in [6.07, 6.45) is 0. The summed E-state index contributed by atoms with van der Waals surface area (Å²) in [5, 5.41) is 3.33. The van der Waals surface area contributed by atoms with Gasteiger partial charge in [0.25, 0.3) is 0 Å². The van der Waals surface area contributed by atoms with Crippen molar-refractivity contribution in [1.29, 1.82) is 0 Å². The van der Waals surface area contributed by atoms with Crippen LogP contribution in [0.25, 0.3) is 10.4 Å². The maximum atomic E-state index is 11.4. The average molecular weight is 170 g/mol. The largest absolute Gasteiger partial charge is 0.343 e. The molecule has 0 saturated heterocycles. The van der Waals surface area contributed by atoms with Crippen LogP contribution in [0.1, 0.15) is 20.8 Å². The molecule has 0 saturated carbocycles. The lowest BCUT2D eigenvalue weighted by Crippen LogP contribution is -2.36. The van der Waals surface area contributed by atoms with E-state index in [0.717, 1.165) is 0 Å². The minimum absolute atomic E-state index is 0.113. The summed E-state index contributed by atoms with van der Waals surface area (Å²) in [5.41, 5.74) is 8.10. The summed E-state index contributed by atoms with van der Waals surface area (Å²) in [6.45, 7) is 6.69. The van der Waals surface area contributed by atoms with Crippen molar-refractivity contribution in [3.8, 4) is 0 Å². The maximum Gasteiger partial charge on any atom is 0.231 e. The molecule has 0 aliphatic rings. The van der Waals surface area contributed by atoms with E-state index < -0.39 is 6.04 Å². The number of carbonyl (C=O) groups is 1. The normalized spacial score (nSPS) is 11.6. The van der Waals surface area contributed by atoms with Gasteiger partial charge in [0, 0.05) is 18.0 Å². The van der Waals surface area contributed by atoms with Crippen LogP contribution < -0.4 is 0 Å². The zero-order valence-electron chi connectivity index (χ0n) is 7.69. The molecule has 0 aromatic rings. The van der Waals surface area contributed by atoms with Crippen LogP contribution in [0.15, 0.2) is 5.11 Å². The lowest BCUT2D eigenvalue weighted by atomic mass is 10.3. The van der Waals surface area contributed by atoms with Gasteiger partial charge >= 0.3 is 0 Å². The standard InChI is InChI=1S/C7H14N4O/c1-4-11(5-2)7(12)6(3)9-10-8/h6H,4-5H2,1-3H3/t6-/m1/s1. The molecule has 0 aliphatic heterocycles. The molecule has 0 radical (unpaired) electrons. The van der Waals surface area contributed by atoms with E-state index in [4.69, 9.17) is 5.53 Å². The highest BCUT2D eigenvalue weighted by atomic mass is 16.2. The van der Waals surface area contributed by atoms with Crippen LogP contribution in [-0.4, -0.2) is 29.9 Å². The summed E-state index contributed by atoms with van der Waals surface area (Å²) in [7, 11) is 0. The van der Waals surface area contributed by atoms with Crippen molar-refractivity contribution < 1.29 is 4.79 Å². The van der Waals surface area contributed by atoms with Crippen molar-refractivity contribution in [1.82, 2.24) is 4.90 Å². The Bertz CT molecular complexity index is 194. The molecule has 0 heterocycles. The monoisotopic (exact) mass is 170 g/mol. The van der Waals surface area contributed by atoms with E-state index in [0.29, 0.717) is 13.1 Å². The molecule has 0 bridgehead atoms. The summed E-state index contributed by atoms with van der Waals surface area (Å²) in [5.74, 6) is -0.113. The van der Waals surface area contributed by atoms with Crippen molar-refractivity contribution in [2.24, 2.45) is 5.11 Å². The Labute approximate surface area is 72.0 Å². The summed E-state index contributed by atoms with van der Waals surface area (Å²) < 4.78 is 0. The number of hydrogen-bond donors (Lipinski definition) is 0. The first-order valence-electron chi connectivity index (χ1n) is 4.00. The number of rotatable bonds is 4. The molecular weight excluding hydrogens is 156 g/mol. The Morgan fingerprint density at radius 1 is 1.58 bits per heavy atom. The number of likely N-dealkylation sites (N-methyl/N-ethyl adjacent to an activating group) is 1. The van der Waals surface area contributed by atoms with Crippen LogP contribution >= 0.6 is 0 Å². The smallest absolute Gasteiger partial charge is 0.231 e. The van der Waals surface area contributed by atoms with Crippen molar-refractivity contribution in [2.75, 3.05) is 13.1 Å². The second-order valence-corrected chi connectivity index (χ2v) is 2.39. The molecule has 5 heteroatoms. The zero-order valence-corrected chi connectivity index (χ0v) is 7.69. The molecule has 1 atom stereocenters. The topological polar surface area (TPSA) is 69.1 Å². The number of carbonyl (C=O) groups excluding carboxylic acids is 1. The van der Waals surface area contributed by atoms with Gasteiger partial charge in [-0.15, -0.1) is 0 Å². The number of hydrogen-bond acceptors (Lipinski definition) is 2. The van der Waals surface area contributed by atoms with Crippen LogP contribution in [0.4, 0.5) is 0 Å². The van der Waals surface area contributed by atoms with Crippen LogP contribution in [0, 0.1) is 0 Å². The van der Waals surface area contributed by atoms with Gasteiger partial charge in [-0.25, -0.2) is 0 Å². The Morgan fingerprint density at radius 2 is 2.08 bits per heavy atom. The second kappa shape index (κ2) is 5.43. The van der Waals surface area contributed by atoms with E-state index in [1.54, 1.807) is 11.8 Å². The van der Waals surface area contributed by atoms with E-state index in [2.05, 4.69) is 10.0 Å². The Morgan fingerprint density at radius 3 is 2.42 bits per heavy atom.